The normalized spacial score (nSPS) is 21.8. The van der Waals surface area contributed by atoms with E-state index in [0.717, 1.165) is 25.2 Å². The number of carbonyl (C=O) groups excluding carboxylic acids is 1. The summed E-state index contributed by atoms with van der Waals surface area (Å²) in [6.07, 6.45) is 1.37. The second-order valence-corrected chi connectivity index (χ2v) is 7.33. The van der Waals surface area contributed by atoms with E-state index in [2.05, 4.69) is 39.5 Å². The summed E-state index contributed by atoms with van der Waals surface area (Å²) in [4.78, 5) is 19.6. The number of hydrogen-bond acceptors (Lipinski definition) is 4. The predicted octanol–water partition coefficient (Wildman–Crippen LogP) is 3.28. The lowest BCUT2D eigenvalue weighted by molar-refractivity contribution is -0.134. The van der Waals surface area contributed by atoms with Gasteiger partial charge in [-0.15, -0.1) is 0 Å². The molecule has 4 rings (SSSR count). The number of benzene rings is 2. The molecular weight excluding hydrogens is 338 g/mol. The summed E-state index contributed by atoms with van der Waals surface area (Å²) >= 11 is 0. The van der Waals surface area contributed by atoms with E-state index in [1.54, 1.807) is 0 Å². The van der Waals surface area contributed by atoms with E-state index in [0.29, 0.717) is 18.9 Å². The van der Waals surface area contributed by atoms with E-state index in [4.69, 9.17) is 4.74 Å². The van der Waals surface area contributed by atoms with Crippen LogP contribution in [0.4, 0.5) is 0 Å². The lowest BCUT2D eigenvalue weighted by atomic mass is 9.90. The lowest BCUT2D eigenvalue weighted by Crippen LogP contribution is -2.49. The Morgan fingerprint density at radius 2 is 1.70 bits per heavy atom. The lowest BCUT2D eigenvalue weighted by Gasteiger charge is -2.36. The molecule has 5 nitrogen and oxygen atoms in total. The Hall–Kier alpha value is -2.66. The molecule has 2 heterocycles. The molecule has 2 aliphatic rings. The number of hydrogen-bond donors (Lipinski definition) is 1. The first-order valence-electron chi connectivity index (χ1n) is 9.54. The van der Waals surface area contributed by atoms with E-state index in [-0.39, 0.29) is 11.9 Å². The van der Waals surface area contributed by atoms with Crippen LogP contribution in [0.25, 0.3) is 0 Å². The molecule has 0 aliphatic carbocycles. The van der Waals surface area contributed by atoms with E-state index in [1.807, 2.05) is 43.3 Å². The number of likely N-dealkylation sites (tertiary alicyclic amines) is 1. The largest absolute Gasteiger partial charge is 0.448 e. The number of ether oxygens (including phenoxy) is 1. The van der Waals surface area contributed by atoms with Gasteiger partial charge in [0.25, 0.3) is 11.9 Å². The van der Waals surface area contributed by atoms with Crippen LogP contribution in [-0.2, 0) is 16.1 Å². The fourth-order valence-corrected chi connectivity index (χ4v) is 3.75. The molecule has 5 heteroatoms. The van der Waals surface area contributed by atoms with E-state index in [1.165, 1.54) is 5.56 Å². The molecule has 0 saturated carbocycles. The summed E-state index contributed by atoms with van der Waals surface area (Å²) < 4.78 is 6.06. The van der Waals surface area contributed by atoms with Gasteiger partial charge >= 0.3 is 0 Å². The zero-order valence-corrected chi connectivity index (χ0v) is 15.6. The molecule has 2 aliphatic heterocycles. The Bertz CT molecular complexity index is 812. The van der Waals surface area contributed by atoms with Gasteiger partial charge in [-0.25, -0.2) is 4.99 Å². The van der Waals surface area contributed by atoms with Crippen molar-refractivity contribution in [1.29, 1.82) is 0 Å². The molecule has 27 heavy (non-hydrogen) atoms. The summed E-state index contributed by atoms with van der Waals surface area (Å²) in [5, 5.41) is 2.85. The van der Waals surface area contributed by atoms with Crippen molar-refractivity contribution in [2.75, 3.05) is 13.1 Å². The van der Waals surface area contributed by atoms with Crippen molar-refractivity contribution in [3.8, 4) is 0 Å². The van der Waals surface area contributed by atoms with Gasteiger partial charge in [-0.2, -0.15) is 0 Å². The van der Waals surface area contributed by atoms with Crippen molar-refractivity contribution >= 4 is 11.9 Å². The maximum absolute atomic E-state index is 12.6. The van der Waals surface area contributed by atoms with Gasteiger partial charge in [0.15, 0.2) is 5.60 Å². The van der Waals surface area contributed by atoms with Crippen LogP contribution in [-0.4, -0.2) is 35.5 Å². The average molecular weight is 363 g/mol. The number of amidine groups is 1. The Balaban J connectivity index is 1.39. The monoisotopic (exact) mass is 363 g/mol. The average Bonchev–Trinajstić information content (AvgIpc) is 3.00. The molecule has 1 amide bonds. The molecule has 140 valence electrons. The van der Waals surface area contributed by atoms with Crippen LogP contribution in [0, 0.1) is 0 Å². The van der Waals surface area contributed by atoms with Crippen LogP contribution >= 0.6 is 0 Å². The highest BCUT2D eigenvalue weighted by Crippen LogP contribution is 2.31. The third kappa shape index (κ3) is 3.88. The van der Waals surface area contributed by atoms with Gasteiger partial charge in [0, 0.05) is 32.5 Å². The standard InChI is InChI=1S/C22H25N3O2/c1-17(19-10-6-3-7-11-19)23-21-24-20(26)22(27-21)12-14-25(15-13-22)16-18-8-4-2-5-9-18/h2-11,17H,12-16H2,1H3,(H,23,24,26)/t17-/m1/s1. The third-order valence-corrected chi connectivity index (χ3v) is 5.43. The molecule has 0 aromatic heterocycles. The summed E-state index contributed by atoms with van der Waals surface area (Å²) in [5.74, 6) is -0.0547. The van der Waals surface area contributed by atoms with Crippen molar-refractivity contribution < 1.29 is 9.53 Å². The fourth-order valence-electron chi connectivity index (χ4n) is 3.75. The Morgan fingerprint density at radius 1 is 1.07 bits per heavy atom. The smallest absolute Gasteiger partial charge is 0.293 e. The van der Waals surface area contributed by atoms with Crippen LogP contribution in [0.1, 0.15) is 36.9 Å². The van der Waals surface area contributed by atoms with E-state index in [9.17, 15) is 4.79 Å². The molecule has 2 aromatic carbocycles. The van der Waals surface area contributed by atoms with Crippen molar-refractivity contribution in [3.05, 3.63) is 71.8 Å². The second kappa shape index (κ2) is 7.53. The summed E-state index contributed by atoms with van der Waals surface area (Å²) in [5.41, 5.74) is 1.63. The van der Waals surface area contributed by atoms with Gasteiger partial charge in [-0.1, -0.05) is 60.7 Å². The zero-order chi connectivity index (χ0) is 18.7. The minimum atomic E-state index is -0.761. The van der Waals surface area contributed by atoms with Gasteiger partial charge in [-0.05, 0) is 18.1 Å². The third-order valence-electron chi connectivity index (χ3n) is 5.43. The topological polar surface area (TPSA) is 53.9 Å². The molecule has 1 atom stereocenters. The van der Waals surface area contributed by atoms with Gasteiger partial charge in [0.1, 0.15) is 0 Å². The first-order chi connectivity index (χ1) is 13.1. The highest BCUT2D eigenvalue weighted by molar-refractivity contribution is 6.04. The Labute approximate surface area is 160 Å². The summed E-state index contributed by atoms with van der Waals surface area (Å²) in [6.45, 7) is 4.59. The number of rotatable bonds is 4. The predicted molar refractivity (Wildman–Crippen MR) is 105 cm³/mol. The van der Waals surface area contributed by atoms with Crippen LogP contribution in [0.3, 0.4) is 0 Å². The minimum absolute atomic E-state index is 0.0547. The van der Waals surface area contributed by atoms with Gasteiger partial charge in [0.05, 0.1) is 6.04 Å². The van der Waals surface area contributed by atoms with E-state index >= 15 is 0 Å². The molecule has 1 spiro atoms. The quantitative estimate of drug-likeness (QED) is 0.907. The minimum Gasteiger partial charge on any atom is -0.448 e. The summed E-state index contributed by atoms with van der Waals surface area (Å²) in [7, 11) is 0. The first-order valence-corrected chi connectivity index (χ1v) is 9.54. The van der Waals surface area contributed by atoms with Crippen LogP contribution in [0.5, 0.6) is 0 Å². The second-order valence-electron chi connectivity index (χ2n) is 7.33. The number of amides is 1. The highest BCUT2D eigenvalue weighted by atomic mass is 16.5. The molecule has 2 saturated heterocycles. The van der Waals surface area contributed by atoms with Crippen molar-refractivity contribution in [3.63, 3.8) is 0 Å². The molecule has 0 bridgehead atoms. The first kappa shape index (κ1) is 17.7. The van der Waals surface area contributed by atoms with Crippen molar-refractivity contribution in [1.82, 2.24) is 10.2 Å². The van der Waals surface area contributed by atoms with E-state index < -0.39 is 5.60 Å². The number of piperidine rings is 1. The van der Waals surface area contributed by atoms with Crippen molar-refractivity contribution in [2.45, 2.75) is 38.0 Å². The van der Waals surface area contributed by atoms with Crippen LogP contribution in [0.15, 0.2) is 65.7 Å². The van der Waals surface area contributed by atoms with Crippen LogP contribution < -0.4 is 5.32 Å². The molecule has 1 N–H and O–H groups in total. The Morgan fingerprint density at radius 3 is 2.37 bits per heavy atom. The molecule has 2 fully saturated rings. The van der Waals surface area contributed by atoms with Gasteiger partial charge < -0.3 is 4.74 Å². The molecule has 2 aromatic rings. The molecule has 0 radical (unpaired) electrons. The zero-order valence-electron chi connectivity index (χ0n) is 15.6. The van der Waals surface area contributed by atoms with Gasteiger partial charge in [-0.3, -0.25) is 15.0 Å². The highest BCUT2D eigenvalue weighted by Gasteiger charge is 2.49. The fraction of sp³-hybridized carbons (Fsp3) is 0.364. The number of aliphatic imine (C=N–C) groups is 1. The van der Waals surface area contributed by atoms with Gasteiger partial charge in [0.2, 0.25) is 0 Å². The Kier molecular flexibility index (Phi) is 4.94. The maximum atomic E-state index is 12.6. The number of nitrogens with one attached hydrogen (secondary N) is 1. The molecular formula is C22H25N3O2. The van der Waals surface area contributed by atoms with Crippen molar-refractivity contribution in [2.24, 2.45) is 4.99 Å². The number of carbonyl (C=O) groups is 1. The summed E-state index contributed by atoms with van der Waals surface area (Å²) in [6, 6.07) is 20.7. The number of nitrogens with zero attached hydrogens (tertiary/aromatic N) is 2. The maximum Gasteiger partial charge on any atom is 0.293 e. The molecule has 0 unspecified atom stereocenters. The van der Waals surface area contributed by atoms with Crippen LogP contribution in [0.2, 0.25) is 0 Å². The SMILES string of the molecule is C[C@@H](N=C1NC(=O)C2(CCN(Cc3ccccc3)CC2)O1)c1ccccc1.